The van der Waals surface area contributed by atoms with Gasteiger partial charge in [-0.25, -0.2) is 5.01 Å². The zero-order valence-electron chi connectivity index (χ0n) is 14.5. The van der Waals surface area contributed by atoms with Crippen molar-refractivity contribution in [1.82, 2.24) is 10.2 Å². The van der Waals surface area contributed by atoms with Crippen molar-refractivity contribution in [2.24, 2.45) is 5.10 Å². The van der Waals surface area contributed by atoms with Crippen LogP contribution < -0.4 is 10.7 Å². The number of benzene rings is 2. The third kappa shape index (κ3) is 3.18. The molecule has 0 saturated carbocycles. The molecule has 0 amide bonds. The highest BCUT2D eigenvalue weighted by molar-refractivity contribution is 7.15. The summed E-state index contributed by atoms with van der Waals surface area (Å²) in [6, 6.07) is 13.9. The predicted octanol–water partition coefficient (Wildman–Crippen LogP) is 4.29. The molecule has 132 valence electrons. The van der Waals surface area contributed by atoms with Crippen molar-refractivity contribution in [2.45, 2.75) is 26.3 Å². The summed E-state index contributed by atoms with van der Waals surface area (Å²) in [4.78, 5) is 0. The van der Waals surface area contributed by atoms with Gasteiger partial charge in [-0.05, 0) is 50.1 Å². The van der Waals surface area contributed by atoms with Crippen LogP contribution in [0.25, 0.3) is 0 Å². The number of hydrogen-bond donors (Lipinski definition) is 1. The zero-order chi connectivity index (χ0) is 18.3. The van der Waals surface area contributed by atoms with E-state index >= 15 is 0 Å². The Morgan fingerprint density at radius 3 is 2.62 bits per heavy atom. The summed E-state index contributed by atoms with van der Waals surface area (Å²) in [5, 5.41) is 17.8. The Morgan fingerprint density at radius 1 is 1.15 bits per heavy atom. The largest absolute Gasteiger partial charge is 0.399 e. The fourth-order valence-corrected chi connectivity index (χ4v) is 3.99. The van der Waals surface area contributed by atoms with Crippen molar-refractivity contribution < 1.29 is 0 Å². The Hall–Kier alpha value is -2.44. The molecule has 4 rings (SSSR count). The molecule has 2 N–H and O–H groups in total. The van der Waals surface area contributed by atoms with Crippen LogP contribution in [0, 0.1) is 6.92 Å². The van der Waals surface area contributed by atoms with Crippen molar-refractivity contribution >= 4 is 39.5 Å². The van der Waals surface area contributed by atoms with Gasteiger partial charge in [-0.1, -0.05) is 41.1 Å². The van der Waals surface area contributed by atoms with Gasteiger partial charge in [0.2, 0.25) is 5.13 Å². The van der Waals surface area contributed by atoms with Crippen LogP contribution in [-0.2, 0) is 6.42 Å². The number of nitrogens with two attached hydrogens (primary N) is 1. The van der Waals surface area contributed by atoms with E-state index in [4.69, 9.17) is 22.4 Å². The van der Waals surface area contributed by atoms with E-state index in [2.05, 4.69) is 23.2 Å². The fraction of sp³-hybridized carbons (Fsp3) is 0.211. The summed E-state index contributed by atoms with van der Waals surface area (Å²) in [6.07, 6.45) is 0.840. The van der Waals surface area contributed by atoms with Crippen LogP contribution >= 0.6 is 22.9 Å². The van der Waals surface area contributed by atoms with Gasteiger partial charge in [-0.15, -0.1) is 10.2 Å². The summed E-state index contributed by atoms with van der Waals surface area (Å²) in [5.41, 5.74) is 10.7. The number of rotatable bonds is 2. The number of hydrazone groups is 1. The second kappa shape index (κ2) is 6.70. The molecule has 0 radical (unpaired) electrons. The summed E-state index contributed by atoms with van der Waals surface area (Å²) in [5.74, 6) is 0. The van der Waals surface area contributed by atoms with E-state index in [1.165, 1.54) is 16.9 Å². The number of aryl methyl sites for hydroxylation is 1. The van der Waals surface area contributed by atoms with Gasteiger partial charge in [0.1, 0.15) is 5.01 Å². The Labute approximate surface area is 161 Å². The van der Waals surface area contributed by atoms with Crippen molar-refractivity contribution in [2.75, 3.05) is 10.7 Å². The topological polar surface area (TPSA) is 67.4 Å². The molecular weight excluding hydrogens is 366 g/mol. The average Bonchev–Trinajstić information content (AvgIpc) is 2.98. The van der Waals surface area contributed by atoms with Crippen LogP contribution in [0.5, 0.6) is 0 Å². The van der Waals surface area contributed by atoms with E-state index in [0.29, 0.717) is 5.02 Å². The molecule has 1 atom stereocenters. The highest BCUT2D eigenvalue weighted by Gasteiger charge is 2.26. The van der Waals surface area contributed by atoms with Gasteiger partial charge in [-0.3, -0.25) is 0 Å². The molecule has 3 aromatic rings. The molecule has 1 aliphatic rings. The maximum absolute atomic E-state index is 6.29. The first-order chi connectivity index (χ1) is 12.5. The number of anilines is 2. The van der Waals surface area contributed by atoms with Gasteiger partial charge in [-0.2, -0.15) is 5.10 Å². The van der Waals surface area contributed by atoms with Gasteiger partial charge in [0.25, 0.3) is 0 Å². The second-order valence-electron chi connectivity index (χ2n) is 6.37. The Balaban J connectivity index is 1.91. The van der Waals surface area contributed by atoms with Gasteiger partial charge in [0, 0.05) is 21.8 Å². The molecule has 7 heteroatoms. The lowest BCUT2D eigenvalue weighted by atomic mass is 9.95. The highest BCUT2D eigenvalue weighted by Crippen LogP contribution is 2.30. The lowest BCUT2D eigenvalue weighted by Gasteiger charge is -2.21. The summed E-state index contributed by atoms with van der Waals surface area (Å²) >= 11 is 7.83. The van der Waals surface area contributed by atoms with Gasteiger partial charge in [0.15, 0.2) is 0 Å². The van der Waals surface area contributed by atoms with Gasteiger partial charge in [0.05, 0.1) is 11.8 Å². The Bertz CT molecular complexity index is 980. The van der Waals surface area contributed by atoms with Crippen molar-refractivity contribution in [3.8, 4) is 0 Å². The third-order valence-corrected chi connectivity index (χ3v) is 5.43. The van der Waals surface area contributed by atoms with E-state index in [1.54, 1.807) is 0 Å². The smallest absolute Gasteiger partial charge is 0.228 e. The van der Waals surface area contributed by atoms with Gasteiger partial charge < -0.3 is 5.73 Å². The van der Waals surface area contributed by atoms with Crippen LogP contribution in [0.2, 0.25) is 5.02 Å². The maximum atomic E-state index is 6.29. The van der Waals surface area contributed by atoms with Crippen LogP contribution in [0.4, 0.5) is 10.8 Å². The lowest BCUT2D eigenvalue weighted by molar-refractivity contribution is 0.653. The second-order valence-corrected chi connectivity index (χ2v) is 7.97. The zero-order valence-corrected chi connectivity index (χ0v) is 16.1. The first kappa shape index (κ1) is 17.0. The normalized spacial score (nSPS) is 16.8. The standard InChI is InChI=1S/C19H18ClN5S/c1-11-9-14-3-6-15(20)10-17(14)18(13-4-7-16(21)8-5-13)24-25(11)19-23-22-12(2)26-19/h3-8,10-11H,9,21H2,1-2H3. The molecular formula is C19H18ClN5S. The van der Waals surface area contributed by atoms with Crippen LogP contribution in [0.15, 0.2) is 47.6 Å². The van der Waals surface area contributed by atoms with E-state index < -0.39 is 0 Å². The van der Waals surface area contributed by atoms with E-state index in [0.717, 1.165) is 39.1 Å². The van der Waals surface area contributed by atoms with Crippen LogP contribution in [0.1, 0.15) is 28.6 Å². The third-order valence-electron chi connectivity index (χ3n) is 4.36. The predicted molar refractivity (Wildman–Crippen MR) is 108 cm³/mol. The molecule has 0 saturated heterocycles. The maximum Gasteiger partial charge on any atom is 0.228 e. The lowest BCUT2D eigenvalue weighted by Crippen LogP contribution is -2.29. The van der Waals surface area contributed by atoms with E-state index in [-0.39, 0.29) is 6.04 Å². The van der Waals surface area contributed by atoms with Crippen molar-refractivity contribution in [1.29, 1.82) is 0 Å². The average molecular weight is 384 g/mol. The molecule has 0 bridgehead atoms. The fourth-order valence-electron chi connectivity index (χ4n) is 3.08. The molecule has 1 aliphatic heterocycles. The van der Waals surface area contributed by atoms with E-state index in [9.17, 15) is 0 Å². The number of nitrogen functional groups attached to an aromatic ring is 1. The number of halogens is 1. The molecule has 1 unspecified atom stereocenters. The first-order valence-corrected chi connectivity index (χ1v) is 9.53. The number of fused-ring (bicyclic) bond motifs is 1. The number of hydrogen-bond acceptors (Lipinski definition) is 6. The molecule has 0 spiro atoms. The summed E-state index contributed by atoms with van der Waals surface area (Å²) in [7, 11) is 0. The Morgan fingerprint density at radius 2 is 1.92 bits per heavy atom. The molecule has 0 fully saturated rings. The van der Waals surface area contributed by atoms with Crippen molar-refractivity contribution in [3.05, 3.63) is 69.2 Å². The monoisotopic (exact) mass is 383 g/mol. The van der Waals surface area contributed by atoms with Crippen LogP contribution in [0.3, 0.4) is 0 Å². The minimum Gasteiger partial charge on any atom is -0.399 e. The highest BCUT2D eigenvalue weighted by atomic mass is 35.5. The molecule has 5 nitrogen and oxygen atoms in total. The Kier molecular flexibility index (Phi) is 4.38. The minimum absolute atomic E-state index is 0.147. The molecule has 2 aromatic carbocycles. The number of aromatic nitrogens is 2. The number of nitrogens with zero attached hydrogens (tertiary/aromatic N) is 4. The van der Waals surface area contributed by atoms with Crippen LogP contribution in [-0.4, -0.2) is 22.0 Å². The van der Waals surface area contributed by atoms with E-state index in [1.807, 2.05) is 48.3 Å². The summed E-state index contributed by atoms with van der Waals surface area (Å²) < 4.78 is 0. The van der Waals surface area contributed by atoms with Gasteiger partial charge >= 0.3 is 0 Å². The minimum atomic E-state index is 0.147. The summed E-state index contributed by atoms with van der Waals surface area (Å²) in [6.45, 7) is 4.09. The first-order valence-electron chi connectivity index (χ1n) is 8.34. The molecule has 0 aliphatic carbocycles. The molecule has 26 heavy (non-hydrogen) atoms. The SMILES string of the molecule is Cc1nnc(N2N=C(c3ccc(N)cc3)c3cc(Cl)ccc3CC2C)s1. The van der Waals surface area contributed by atoms with Crippen molar-refractivity contribution in [3.63, 3.8) is 0 Å². The molecule has 1 aromatic heterocycles. The molecule has 2 heterocycles. The quantitative estimate of drug-likeness (QED) is 0.670.